The number of piperazine rings is 1. The number of hydrogen-bond acceptors (Lipinski definition) is 8. The van der Waals surface area contributed by atoms with Crippen LogP contribution < -0.4 is 5.32 Å². The number of rotatable bonds is 6. The molecule has 4 heterocycles. The summed E-state index contributed by atoms with van der Waals surface area (Å²) >= 11 is 0. The Balaban J connectivity index is 1.29. The van der Waals surface area contributed by atoms with Crippen molar-refractivity contribution in [2.24, 2.45) is 0 Å². The lowest BCUT2D eigenvalue weighted by Crippen LogP contribution is -2.54. The number of carbonyl (C=O) groups excluding carboxylic acids is 4. The molecule has 42 heavy (non-hydrogen) atoms. The average molecular weight is 577 g/mol. The van der Waals surface area contributed by atoms with Crippen molar-refractivity contribution in [3.05, 3.63) is 72.1 Å². The maximum atomic E-state index is 14.8. The number of aromatic amines is 1. The van der Waals surface area contributed by atoms with Gasteiger partial charge in [0, 0.05) is 32.4 Å². The van der Waals surface area contributed by atoms with Crippen LogP contribution in [0.2, 0.25) is 0 Å². The lowest BCUT2D eigenvalue weighted by molar-refractivity contribution is -0.139. The van der Waals surface area contributed by atoms with Gasteiger partial charge in [-0.15, -0.1) is 5.10 Å². The van der Waals surface area contributed by atoms with Crippen LogP contribution in [0.5, 0.6) is 0 Å². The topological polar surface area (TPSA) is 155 Å². The van der Waals surface area contributed by atoms with Crippen molar-refractivity contribution < 1.29 is 28.3 Å². The van der Waals surface area contributed by atoms with Gasteiger partial charge in [0.25, 0.3) is 11.7 Å². The van der Waals surface area contributed by atoms with E-state index in [1.54, 1.807) is 51.1 Å². The maximum absolute atomic E-state index is 14.8. The van der Waals surface area contributed by atoms with Gasteiger partial charge in [-0.3, -0.25) is 14.4 Å². The molecule has 0 aliphatic carbocycles. The molecule has 0 spiro atoms. The van der Waals surface area contributed by atoms with Crippen LogP contribution in [0.25, 0.3) is 16.7 Å². The van der Waals surface area contributed by atoms with Crippen molar-refractivity contribution in [3.8, 4) is 5.82 Å². The Morgan fingerprint density at radius 1 is 1.05 bits per heavy atom. The summed E-state index contributed by atoms with van der Waals surface area (Å²) in [5.41, 5.74) is -0.130. The van der Waals surface area contributed by atoms with Gasteiger partial charge in [-0.05, 0) is 26.3 Å². The van der Waals surface area contributed by atoms with Crippen LogP contribution in [0.4, 0.5) is 9.18 Å². The Kier molecular flexibility index (Phi) is 7.70. The quantitative estimate of drug-likeness (QED) is 0.262. The van der Waals surface area contributed by atoms with Gasteiger partial charge in [-0.2, -0.15) is 0 Å². The number of Topliss-reactive ketones (excluding diaryl/α,β-unsaturated/α-hetero) is 1. The van der Waals surface area contributed by atoms with E-state index in [2.05, 4.69) is 25.6 Å². The van der Waals surface area contributed by atoms with Gasteiger partial charge in [0.05, 0.1) is 35.1 Å². The van der Waals surface area contributed by atoms with Gasteiger partial charge in [0.15, 0.2) is 11.6 Å². The fraction of sp³-hybridized carbons (Fsp3) is 0.321. The fourth-order valence-electron chi connectivity index (χ4n) is 4.70. The Morgan fingerprint density at radius 3 is 2.38 bits per heavy atom. The lowest BCUT2D eigenvalue weighted by atomic mass is 10.0. The van der Waals surface area contributed by atoms with Gasteiger partial charge in [0.1, 0.15) is 11.6 Å². The van der Waals surface area contributed by atoms with E-state index in [0.29, 0.717) is 5.56 Å². The van der Waals surface area contributed by atoms with Crippen LogP contribution in [0.3, 0.4) is 0 Å². The molecule has 0 saturated carbocycles. The molecule has 1 aliphatic heterocycles. The highest BCUT2D eigenvalue weighted by Gasteiger charge is 2.34. The van der Waals surface area contributed by atoms with E-state index in [-0.39, 0.29) is 54.4 Å². The summed E-state index contributed by atoms with van der Waals surface area (Å²) in [6.07, 6.45) is 4.42. The monoisotopic (exact) mass is 576 g/mol. The molecule has 218 valence electrons. The molecular formula is C28H29FN8O5. The Labute approximate surface area is 239 Å². The van der Waals surface area contributed by atoms with Crippen LogP contribution in [0.15, 0.2) is 55.1 Å². The van der Waals surface area contributed by atoms with E-state index >= 15 is 0 Å². The zero-order valence-electron chi connectivity index (χ0n) is 23.2. The SMILES string of the molecule is CC(C)(C)OC(=O)NC(C(=O)N1CCN(C(=O)C(=O)c2c[nH]c3c(-n4ccnn4)ncc(F)c23)CC1)c1ccccc1. The number of carbonyl (C=O) groups is 4. The molecule has 1 aliphatic rings. The number of nitrogens with one attached hydrogen (secondary N) is 2. The zero-order valence-corrected chi connectivity index (χ0v) is 23.2. The lowest BCUT2D eigenvalue weighted by Gasteiger charge is -2.36. The second-order valence-corrected chi connectivity index (χ2v) is 10.7. The van der Waals surface area contributed by atoms with E-state index in [9.17, 15) is 23.6 Å². The number of hydrogen-bond donors (Lipinski definition) is 2. The predicted octanol–water partition coefficient (Wildman–Crippen LogP) is 2.40. The van der Waals surface area contributed by atoms with E-state index in [1.807, 2.05) is 0 Å². The number of ether oxygens (including phenoxy) is 1. The number of aromatic nitrogens is 5. The first-order chi connectivity index (χ1) is 20.0. The van der Waals surface area contributed by atoms with Gasteiger partial charge in [-0.1, -0.05) is 35.5 Å². The van der Waals surface area contributed by atoms with E-state index in [4.69, 9.17) is 4.74 Å². The minimum atomic E-state index is -1.01. The minimum absolute atomic E-state index is 0.0703. The van der Waals surface area contributed by atoms with Crippen molar-refractivity contribution in [2.75, 3.05) is 26.2 Å². The first kappa shape index (κ1) is 28.4. The standard InChI is InChI=1S/C28H29FN8O5/c1-28(2,3)42-27(41)33-21(17-7-5-4-6-8-17)25(39)35-11-13-36(14-12-35)26(40)23(38)18-15-30-22-20(18)19(29)16-31-24(22)37-10-9-32-34-37/h4-10,15-16,21,30H,11-14H2,1-3H3,(H,33,41). The smallest absolute Gasteiger partial charge is 0.408 e. The number of halogens is 1. The van der Waals surface area contributed by atoms with Crippen LogP contribution in [0.1, 0.15) is 42.7 Å². The van der Waals surface area contributed by atoms with Crippen molar-refractivity contribution in [1.29, 1.82) is 0 Å². The molecule has 0 radical (unpaired) electrons. The molecule has 2 N–H and O–H groups in total. The minimum Gasteiger partial charge on any atom is -0.444 e. The van der Waals surface area contributed by atoms with Crippen molar-refractivity contribution in [1.82, 2.24) is 40.1 Å². The third-order valence-electron chi connectivity index (χ3n) is 6.64. The van der Waals surface area contributed by atoms with Gasteiger partial charge >= 0.3 is 6.09 Å². The van der Waals surface area contributed by atoms with Gasteiger partial charge in [-0.25, -0.2) is 18.9 Å². The first-order valence-electron chi connectivity index (χ1n) is 13.2. The number of amides is 3. The summed E-state index contributed by atoms with van der Waals surface area (Å²) in [7, 11) is 0. The molecular weight excluding hydrogens is 547 g/mol. The van der Waals surface area contributed by atoms with Crippen LogP contribution in [-0.4, -0.2) is 90.2 Å². The van der Waals surface area contributed by atoms with Crippen LogP contribution in [0, 0.1) is 5.82 Å². The number of H-pyrrole nitrogens is 1. The van der Waals surface area contributed by atoms with Crippen LogP contribution >= 0.6 is 0 Å². The Hall–Kier alpha value is -5.14. The molecule has 14 heteroatoms. The molecule has 1 saturated heterocycles. The summed E-state index contributed by atoms with van der Waals surface area (Å²) < 4.78 is 21.5. The molecule has 3 aromatic heterocycles. The molecule has 13 nitrogen and oxygen atoms in total. The Morgan fingerprint density at radius 2 is 1.74 bits per heavy atom. The summed E-state index contributed by atoms with van der Waals surface area (Å²) in [4.78, 5) is 62.2. The van der Waals surface area contributed by atoms with Crippen LogP contribution in [-0.2, 0) is 14.3 Å². The maximum Gasteiger partial charge on any atom is 0.408 e. The number of benzene rings is 1. The highest BCUT2D eigenvalue weighted by Crippen LogP contribution is 2.26. The van der Waals surface area contributed by atoms with Crippen molar-refractivity contribution in [3.63, 3.8) is 0 Å². The van der Waals surface area contributed by atoms with Gasteiger partial charge in [0.2, 0.25) is 5.91 Å². The molecule has 5 rings (SSSR count). The van der Waals surface area contributed by atoms with E-state index in [0.717, 1.165) is 6.20 Å². The molecule has 4 aromatic rings. The average Bonchev–Trinajstić information content (AvgIpc) is 3.66. The number of alkyl carbamates (subject to hydrolysis) is 1. The Bertz CT molecular complexity index is 1620. The zero-order chi connectivity index (χ0) is 30.0. The molecule has 1 aromatic carbocycles. The normalized spacial score (nSPS) is 14.5. The highest BCUT2D eigenvalue weighted by molar-refractivity contribution is 6.45. The summed E-state index contributed by atoms with van der Waals surface area (Å²) in [6, 6.07) is 7.75. The third kappa shape index (κ3) is 5.82. The molecule has 1 unspecified atom stereocenters. The summed E-state index contributed by atoms with van der Waals surface area (Å²) in [5.74, 6) is -2.66. The second-order valence-electron chi connectivity index (χ2n) is 10.7. The number of fused-ring (bicyclic) bond motifs is 1. The second kappa shape index (κ2) is 11.4. The molecule has 3 amide bonds. The first-order valence-corrected chi connectivity index (χ1v) is 13.2. The largest absolute Gasteiger partial charge is 0.444 e. The predicted molar refractivity (Wildman–Crippen MR) is 147 cm³/mol. The fourth-order valence-corrected chi connectivity index (χ4v) is 4.70. The highest BCUT2D eigenvalue weighted by atomic mass is 19.1. The molecule has 1 fully saturated rings. The summed E-state index contributed by atoms with van der Waals surface area (Å²) in [6.45, 7) is 5.56. The van der Waals surface area contributed by atoms with E-state index < -0.39 is 35.2 Å². The van der Waals surface area contributed by atoms with E-state index in [1.165, 1.54) is 33.1 Å². The summed E-state index contributed by atoms with van der Waals surface area (Å²) in [5, 5.41) is 10.1. The number of nitrogens with zero attached hydrogens (tertiary/aromatic N) is 6. The van der Waals surface area contributed by atoms with Crippen molar-refractivity contribution in [2.45, 2.75) is 32.4 Å². The number of pyridine rings is 1. The molecule has 1 atom stereocenters. The molecule has 0 bridgehead atoms. The van der Waals surface area contributed by atoms with Gasteiger partial charge < -0.3 is 24.8 Å². The van der Waals surface area contributed by atoms with Crippen molar-refractivity contribution >= 4 is 34.6 Å². The number of ketones is 1. The third-order valence-corrected chi connectivity index (χ3v) is 6.64.